The van der Waals surface area contributed by atoms with Crippen LogP contribution in [-0.4, -0.2) is 42.6 Å². The third kappa shape index (κ3) is 2.37. The Labute approximate surface area is 104 Å². The van der Waals surface area contributed by atoms with Gasteiger partial charge in [0.25, 0.3) is 0 Å². The van der Waals surface area contributed by atoms with Gasteiger partial charge in [-0.1, -0.05) is 0 Å². The summed E-state index contributed by atoms with van der Waals surface area (Å²) in [5, 5.41) is -0.883. The number of nitrogens with zero attached hydrogens (tertiary/aromatic N) is 1. The van der Waals surface area contributed by atoms with Crippen molar-refractivity contribution < 1.29 is 16.8 Å². The summed E-state index contributed by atoms with van der Waals surface area (Å²) in [5.41, 5.74) is 0. The van der Waals surface area contributed by atoms with Crippen molar-refractivity contribution in [1.29, 1.82) is 0 Å². The maximum atomic E-state index is 12.1. The highest BCUT2D eigenvalue weighted by Crippen LogP contribution is 2.38. The third-order valence-electron chi connectivity index (χ3n) is 2.82. The minimum absolute atomic E-state index is 0.0825. The van der Waals surface area contributed by atoms with Crippen LogP contribution in [0.4, 0.5) is 0 Å². The van der Waals surface area contributed by atoms with Gasteiger partial charge < -0.3 is 0 Å². The van der Waals surface area contributed by atoms with Crippen molar-refractivity contribution in [2.24, 2.45) is 0 Å². The average Bonchev–Trinajstić information content (AvgIpc) is 2.77. The Bertz CT molecular complexity index is 457. The number of rotatable bonds is 2. The molecule has 1 aliphatic rings. The fourth-order valence-corrected chi connectivity index (χ4v) is 4.98. The van der Waals surface area contributed by atoms with E-state index in [1.807, 2.05) is 0 Å². The first kappa shape index (κ1) is 14.9. The lowest BCUT2D eigenvalue weighted by molar-refractivity contribution is 0.515. The monoisotopic (exact) mass is 283 g/mol. The molecule has 17 heavy (non-hydrogen) atoms. The molecule has 1 fully saturated rings. The standard InChI is InChI=1S/C10H21NO4S2/c1-9(2,3)16(12,13)8-7-11(8)17(14,15)10(4,5)6/h8H,7H2,1-6H3. The van der Waals surface area contributed by atoms with E-state index in [1.54, 1.807) is 41.5 Å². The van der Waals surface area contributed by atoms with Gasteiger partial charge in [-0.15, -0.1) is 0 Å². The van der Waals surface area contributed by atoms with Gasteiger partial charge in [-0.3, -0.25) is 0 Å². The van der Waals surface area contributed by atoms with Gasteiger partial charge in [0.05, 0.1) is 9.49 Å². The van der Waals surface area contributed by atoms with Crippen LogP contribution in [-0.2, 0) is 19.9 Å². The summed E-state index contributed by atoms with van der Waals surface area (Å²) in [6.07, 6.45) is 0. The van der Waals surface area contributed by atoms with Crippen LogP contribution in [0.15, 0.2) is 0 Å². The topological polar surface area (TPSA) is 71.3 Å². The number of sulfonamides is 1. The van der Waals surface area contributed by atoms with E-state index >= 15 is 0 Å². The molecule has 0 spiro atoms. The van der Waals surface area contributed by atoms with E-state index in [-0.39, 0.29) is 6.54 Å². The Morgan fingerprint density at radius 2 is 1.29 bits per heavy atom. The number of hydrogen-bond donors (Lipinski definition) is 0. The molecule has 1 aliphatic heterocycles. The molecule has 1 saturated heterocycles. The molecule has 0 bridgehead atoms. The van der Waals surface area contributed by atoms with Crippen molar-refractivity contribution in [1.82, 2.24) is 4.31 Å². The van der Waals surface area contributed by atoms with Gasteiger partial charge in [0, 0.05) is 6.54 Å². The van der Waals surface area contributed by atoms with E-state index in [4.69, 9.17) is 0 Å². The van der Waals surface area contributed by atoms with E-state index in [1.165, 1.54) is 0 Å². The fraction of sp³-hybridized carbons (Fsp3) is 1.00. The Balaban J connectivity index is 3.03. The van der Waals surface area contributed by atoms with Gasteiger partial charge in [0.1, 0.15) is 5.37 Å². The molecule has 0 N–H and O–H groups in total. The lowest BCUT2D eigenvalue weighted by Crippen LogP contribution is -2.38. The van der Waals surface area contributed by atoms with Crippen LogP contribution < -0.4 is 0 Å². The van der Waals surface area contributed by atoms with Crippen molar-refractivity contribution in [3.8, 4) is 0 Å². The molecule has 1 heterocycles. The third-order valence-corrected chi connectivity index (χ3v) is 8.35. The normalized spacial score (nSPS) is 26.9. The predicted octanol–water partition coefficient (Wildman–Crippen LogP) is 0.970. The largest absolute Gasteiger partial charge is 0.227 e. The zero-order chi connectivity index (χ0) is 13.9. The smallest absolute Gasteiger partial charge is 0.220 e. The molecule has 2 unspecified atom stereocenters. The van der Waals surface area contributed by atoms with Gasteiger partial charge in [-0.05, 0) is 41.5 Å². The SMILES string of the molecule is CC(C)(C)S(=O)(=O)C1CN1S(=O)(=O)C(C)(C)C. The first-order valence-electron chi connectivity index (χ1n) is 5.48. The van der Waals surface area contributed by atoms with Gasteiger partial charge in [0.15, 0.2) is 9.84 Å². The summed E-state index contributed by atoms with van der Waals surface area (Å²) in [5.74, 6) is 0. The van der Waals surface area contributed by atoms with Crippen LogP contribution in [0.2, 0.25) is 0 Å². The molecule has 102 valence electrons. The maximum absolute atomic E-state index is 12.1. The molecule has 0 aromatic carbocycles. The van der Waals surface area contributed by atoms with Crippen molar-refractivity contribution in [3.63, 3.8) is 0 Å². The van der Waals surface area contributed by atoms with Gasteiger partial charge in [-0.2, -0.15) is 4.31 Å². The molecule has 1 rings (SSSR count). The summed E-state index contributed by atoms with van der Waals surface area (Å²) in [6, 6.07) is 0. The summed E-state index contributed by atoms with van der Waals surface area (Å²) in [7, 11) is -6.99. The van der Waals surface area contributed by atoms with E-state index < -0.39 is 34.7 Å². The summed E-state index contributed by atoms with van der Waals surface area (Å²) in [6.45, 7) is 9.55. The summed E-state index contributed by atoms with van der Waals surface area (Å²) in [4.78, 5) is 0. The minimum Gasteiger partial charge on any atom is -0.227 e. The molecule has 0 aromatic heterocycles. The predicted molar refractivity (Wildman–Crippen MR) is 67.8 cm³/mol. The molecule has 5 nitrogen and oxygen atoms in total. The number of sulfone groups is 1. The fourth-order valence-electron chi connectivity index (χ4n) is 1.37. The summed E-state index contributed by atoms with van der Waals surface area (Å²) >= 11 is 0. The Morgan fingerprint density at radius 1 is 0.882 bits per heavy atom. The highest BCUT2D eigenvalue weighted by Gasteiger charge is 2.58. The molecular weight excluding hydrogens is 262 g/mol. The molecule has 0 aromatic rings. The van der Waals surface area contributed by atoms with Crippen molar-refractivity contribution in [3.05, 3.63) is 0 Å². The summed E-state index contributed by atoms with van der Waals surface area (Å²) < 4.78 is 47.5. The highest BCUT2D eigenvalue weighted by atomic mass is 32.2. The lowest BCUT2D eigenvalue weighted by atomic mass is 10.3. The zero-order valence-electron chi connectivity index (χ0n) is 11.2. The molecule has 0 saturated carbocycles. The first-order valence-corrected chi connectivity index (χ1v) is 8.46. The second-order valence-electron chi connectivity index (χ2n) is 6.30. The molecule has 0 radical (unpaired) electrons. The van der Waals surface area contributed by atoms with Gasteiger partial charge in [-0.25, -0.2) is 16.8 Å². The average molecular weight is 283 g/mol. The van der Waals surface area contributed by atoms with Crippen LogP contribution >= 0.6 is 0 Å². The van der Waals surface area contributed by atoms with E-state index in [0.29, 0.717) is 0 Å². The van der Waals surface area contributed by atoms with E-state index in [2.05, 4.69) is 0 Å². The molecule has 2 atom stereocenters. The Kier molecular flexibility index (Phi) is 3.23. The quantitative estimate of drug-likeness (QED) is 0.708. The molecular formula is C10H21NO4S2. The minimum atomic E-state index is -3.54. The van der Waals surface area contributed by atoms with Crippen LogP contribution in [0.5, 0.6) is 0 Å². The van der Waals surface area contributed by atoms with Crippen molar-refractivity contribution >= 4 is 19.9 Å². The van der Waals surface area contributed by atoms with Crippen LogP contribution in [0, 0.1) is 0 Å². The van der Waals surface area contributed by atoms with Gasteiger partial charge in [0.2, 0.25) is 10.0 Å². The molecule has 0 aliphatic carbocycles. The number of hydrogen-bond acceptors (Lipinski definition) is 4. The molecule has 7 heteroatoms. The van der Waals surface area contributed by atoms with E-state index in [9.17, 15) is 16.8 Å². The van der Waals surface area contributed by atoms with Gasteiger partial charge >= 0.3 is 0 Å². The maximum Gasteiger partial charge on any atom is 0.220 e. The highest BCUT2D eigenvalue weighted by molar-refractivity contribution is 7.96. The van der Waals surface area contributed by atoms with Crippen LogP contribution in [0.3, 0.4) is 0 Å². The Hall–Kier alpha value is -0.140. The Morgan fingerprint density at radius 3 is 1.59 bits per heavy atom. The first-order chi connectivity index (χ1) is 7.23. The van der Waals surface area contributed by atoms with Crippen molar-refractivity contribution in [2.75, 3.05) is 6.54 Å². The lowest BCUT2D eigenvalue weighted by Gasteiger charge is -2.22. The molecule has 0 amide bonds. The van der Waals surface area contributed by atoms with E-state index in [0.717, 1.165) is 4.31 Å². The van der Waals surface area contributed by atoms with Crippen LogP contribution in [0.25, 0.3) is 0 Å². The second kappa shape index (κ2) is 3.68. The van der Waals surface area contributed by atoms with Crippen LogP contribution in [0.1, 0.15) is 41.5 Å². The zero-order valence-corrected chi connectivity index (χ0v) is 12.8. The van der Waals surface area contributed by atoms with Crippen molar-refractivity contribution in [2.45, 2.75) is 56.4 Å². The second-order valence-corrected chi connectivity index (χ2v) is 11.8.